The normalized spacial score (nSPS) is 12.9. The van der Waals surface area contributed by atoms with Crippen molar-refractivity contribution in [1.82, 2.24) is 0 Å². The predicted molar refractivity (Wildman–Crippen MR) is 75.2 cm³/mol. The van der Waals surface area contributed by atoms with Gasteiger partial charge in [0.05, 0.1) is 6.61 Å². The molecule has 0 saturated carbocycles. The molecule has 1 heterocycles. The van der Waals surface area contributed by atoms with Crippen LogP contribution in [0.3, 0.4) is 0 Å². The number of hydrogen-bond donors (Lipinski definition) is 1. The third-order valence-corrected chi connectivity index (χ3v) is 3.32. The van der Waals surface area contributed by atoms with Gasteiger partial charge in [-0.25, -0.2) is 0 Å². The molecule has 0 spiro atoms. The van der Waals surface area contributed by atoms with Crippen molar-refractivity contribution in [3.8, 4) is 16.9 Å². The molecule has 3 rings (SSSR count). The first kappa shape index (κ1) is 11.1. The van der Waals surface area contributed by atoms with Gasteiger partial charge in [0, 0.05) is 12.2 Å². The lowest BCUT2D eigenvalue weighted by atomic mass is 9.98. The molecule has 18 heavy (non-hydrogen) atoms. The molecule has 0 fully saturated rings. The quantitative estimate of drug-likeness (QED) is 0.881. The molecule has 0 radical (unpaired) electrons. The van der Waals surface area contributed by atoms with E-state index in [1.807, 2.05) is 13.0 Å². The second kappa shape index (κ2) is 4.73. The minimum absolute atomic E-state index is 0.706. The largest absolute Gasteiger partial charge is 0.494 e. The highest BCUT2D eigenvalue weighted by Gasteiger charge is 2.14. The lowest BCUT2D eigenvalue weighted by molar-refractivity contribution is 0.340. The molecule has 2 aromatic rings. The standard InChI is InChI=1S/C16H17NO/c1-2-18-13-6-3-5-12(11-13)14-7-4-8-16-15(14)9-10-17-16/h3-8,11,17H,2,9-10H2,1H3. The van der Waals surface area contributed by atoms with Crippen LogP contribution < -0.4 is 10.1 Å². The summed E-state index contributed by atoms with van der Waals surface area (Å²) in [4.78, 5) is 0. The summed E-state index contributed by atoms with van der Waals surface area (Å²) < 4.78 is 5.57. The fourth-order valence-electron chi connectivity index (χ4n) is 2.53. The van der Waals surface area contributed by atoms with Crippen LogP contribution in [0.4, 0.5) is 5.69 Å². The molecule has 0 atom stereocenters. The van der Waals surface area contributed by atoms with Gasteiger partial charge in [0.2, 0.25) is 0 Å². The first-order chi connectivity index (χ1) is 8.88. The molecule has 0 saturated heterocycles. The van der Waals surface area contributed by atoms with Gasteiger partial charge in [-0.2, -0.15) is 0 Å². The van der Waals surface area contributed by atoms with E-state index < -0.39 is 0 Å². The molecule has 0 amide bonds. The summed E-state index contributed by atoms with van der Waals surface area (Å²) in [5, 5.41) is 3.42. The van der Waals surface area contributed by atoms with Crippen LogP contribution in [0, 0.1) is 0 Å². The van der Waals surface area contributed by atoms with Crippen LogP contribution in [-0.2, 0) is 6.42 Å². The molecule has 0 aromatic heterocycles. The minimum atomic E-state index is 0.706. The summed E-state index contributed by atoms with van der Waals surface area (Å²) in [7, 11) is 0. The number of benzene rings is 2. The maximum atomic E-state index is 5.57. The van der Waals surface area contributed by atoms with Crippen molar-refractivity contribution in [2.24, 2.45) is 0 Å². The second-order valence-corrected chi connectivity index (χ2v) is 4.47. The van der Waals surface area contributed by atoms with Crippen molar-refractivity contribution in [2.45, 2.75) is 13.3 Å². The van der Waals surface area contributed by atoms with Crippen molar-refractivity contribution >= 4 is 5.69 Å². The molecule has 2 heteroatoms. The summed E-state index contributed by atoms with van der Waals surface area (Å²) in [6.07, 6.45) is 1.10. The van der Waals surface area contributed by atoms with Gasteiger partial charge in [-0.15, -0.1) is 0 Å². The lowest BCUT2D eigenvalue weighted by Gasteiger charge is -2.10. The molecule has 2 nitrogen and oxygen atoms in total. The third-order valence-electron chi connectivity index (χ3n) is 3.32. The number of hydrogen-bond acceptors (Lipinski definition) is 2. The summed E-state index contributed by atoms with van der Waals surface area (Å²) in [5.74, 6) is 0.943. The molecule has 1 aliphatic heterocycles. The van der Waals surface area contributed by atoms with Gasteiger partial charge < -0.3 is 10.1 Å². The maximum absolute atomic E-state index is 5.57. The smallest absolute Gasteiger partial charge is 0.119 e. The Balaban J connectivity index is 2.05. The van der Waals surface area contributed by atoms with Crippen LogP contribution in [0.1, 0.15) is 12.5 Å². The third kappa shape index (κ3) is 1.94. The summed E-state index contributed by atoms with van der Waals surface area (Å²) >= 11 is 0. The van der Waals surface area contributed by atoms with Crippen LogP contribution in [0.5, 0.6) is 5.75 Å². The van der Waals surface area contributed by atoms with Gasteiger partial charge in [-0.3, -0.25) is 0 Å². The molecule has 1 N–H and O–H groups in total. The van der Waals surface area contributed by atoms with Crippen LogP contribution in [0.25, 0.3) is 11.1 Å². The van der Waals surface area contributed by atoms with E-state index in [1.54, 1.807) is 0 Å². The Morgan fingerprint density at radius 3 is 2.94 bits per heavy atom. The Hall–Kier alpha value is -1.96. The van der Waals surface area contributed by atoms with E-state index in [-0.39, 0.29) is 0 Å². The van der Waals surface area contributed by atoms with E-state index in [2.05, 4.69) is 41.7 Å². The van der Waals surface area contributed by atoms with Gasteiger partial charge in [0.1, 0.15) is 5.75 Å². The first-order valence-corrected chi connectivity index (χ1v) is 6.47. The predicted octanol–water partition coefficient (Wildman–Crippen LogP) is 3.72. The average Bonchev–Trinajstić information content (AvgIpc) is 2.87. The van der Waals surface area contributed by atoms with Crippen molar-refractivity contribution in [1.29, 1.82) is 0 Å². The van der Waals surface area contributed by atoms with E-state index in [0.29, 0.717) is 6.61 Å². The zero-order valence-electron chi connectivity index (χ0n) is 10.6. The van der Waals surface area contributed by atoms with Crippen molar-refractivity contribution in [3.05, 3.63) is 48.0 Å². The minimum Gasteiger partial charge on any atom is -0.494 e. The molecule has 2 aromatic carbocycles. The van der Waals surface area contributed by atoms with Crippen LogP contribution in [0.15, 0.2) is 42.5 Å². The summed E-state index contributed by atoms with van der Waals surface area (Å²) in [6, 6.07) is 14.8. The van der Waals surface area contributed by atoms with Gasteiger partial charge in [-0.1, -0.05) is 24.3 Å². The number of rotatable bonds is 3. The fraction of sp³-hybridized carbons (Fsp3) is 0.250. The highest BCUT2D eigenvalue weighted by molar-refractivity contribution is 5.76. The fourth-order valence-corrected chi connectivity index (χ4v) is 2.53. The van der Waals surface area contributed by atoms with Crippen LogP contribution in [0.2, 0.25) is 0 Å². The number of anilines is 1. The van der Waals surface area contributed by atoms with Crippen LogP contribution in [-0.4, -0.2) is 13.2 Å². The maximum Gasteiger partial charge on any atom is 0.119 e. The van der Waals surface area contributed by atoms with Gasteiger partial charge in [0.15, 0.2) is 0 Å². The number of ether oxygens (including phenoxy) is 1. The van der Waals surface area contributed by atoms with E-state index in [0.717, 1.165) is 18.7 Å². The van der Waals surface area contributed by atoms with Gasteiger partial charge in [0.25, 0.3) is 0 Å². The van der Waals surface area contributed by atoms with Gasteiger partial charge in [-0.05, 0) is 48.2 Å². The number of fused-ring (bicyclic) bond motifs is 1. The van der Waals surface area contributed by atoms with Crippen LogP contribution >= 0.6 is 0 Å². The molecular formula is C16H17NO. The van der Waals surface area contributed by atoms with Crippen molar-refractivity contribution < 1.29 is 4.74 Å². The molecule has 92 valence electrons. The Morgan fingerprint density at radius 1 is 1.17 bits per heavy atom. The zero-order chi connectivity index (χ0) is 12.4. The molecule has 1 aliphatic rings. The highest BCUT2D eigenvalue weighted by atomic mass is 16.5. The Labute approximate surface area is 108 Å². The molecule has 0 bridgehead atoms. The molecule has 0 aliphatic carbocycles. The Bertz CT molecular complexity index is 563. The monoisotopic (exact) mass is 239 g/mol. The first-order valence-electron chi connectivity index (χ1n) is 6.47. The lowest BCUT2D eigenvalue weighted by Crippen LogP contribution is -1.92. The van der Waals surface area contributed by atoms with E-state index in [9.17, 15) is 0 Å². The summed E-state index contributed by atoms with van der Waals surface area (Å²) in [5.41, 5.74) is 5.25. The van der Waals surface area contributed by atoms with Crippen molar-refractivity contribution in [3.63, 3.8) is 0 Å². The average molecular weight is 239 g/mol. The Kier molecular flexibility index (Phi) is 2.93. The van der Waals surface area contributed by atoms with E-state index in [1.165, 1.54) is 22.4 Å². The molecule has 0 unspecified atom stereocenters. The zero-order valence-corrected chi connectivity index (χ0v) is 10.6. The topological polar surface area (TPSA) is 21.3 Å². The number of nitrogens with one attached hydrogen (secondary N) is 1. The van der Waals surface area contributed by atoms with E-state index >= 15 is 0 Å². The second-order valence-electron chi connectivity index (χ2n) is 4.47. The van der Waals surface area contributed by atoms with Crippen molar-refractivity contribution in [2.75, 3.05) is 18.5 Å². The molecular weight excluding hydrogens is 222 g/mol. The SMILES string of the molecule is CCOc1cccc(-c2cccc3c2CCN3)c1. The van der Waals surface area contributed by atoms with E-state index in [4.69, 9.17) is 4.74 Å². The summed E-state index contributed by atoms with van der Waals surface area (Å²) in [6.45, 7) is 3.76. The van der Waals surface area contributed by atoms with Gasteiger partial charge >= 0.3 is 0 Å². The Morgan fingerprint density at radius 2 is 2.06 bits per heavy atom. The highest BCUT2D eigenvalue weighted by Crippen LogP contribution is 2.34.